The molecule has 1 saturated carbocycles. The molecule has 1 aliphatic heterocycles. The molecule has 2 bridgehead atoms. The smallest absolute Gasteiger partial charge is 0.481 e. The van der Waals surface area contributed by atoms with Gasteiger partial charge in [-0.1, -0.05) is 50.5 Å². The van der Waals surface area contributed by atoms with Gasteiger partial charge in [-0.2, -0.15) is 0 Å². The highest BCUT2D eigenvalue weighted by Gasteiger charge is 2.49. The van der Waals surface area contributed by atoms with Crippen LogP contribution in [0, 0.1) is 11.8 Å². The quantitative estimate of drug-likeness (QED) is 0.299. The van der Waals surface area contributed by atoms with Crippen molar-refractivity contribution in [3.05, 3.63) is 24.3 Å². The molecule has 5 atom stereocenters. The monoisotopic (exact) mass is 380 g/mol. The standard InChI is InChI=1S/C21H32O6/c1-2-3-6-9-15(22)12-13-17-16(10-7-4-5-8-11-20(23)24)18-14-19(17)27-21(25)26-18/h4,7,12-13,15-19,22H,2-3,5-6,8-11,14H2,1H3,(H,23,24)/b7-4-,13-12+/t15-,16+,17+,18+,19-/m0/s1. The van der Waals surface area contributed by atoms with E-state index in [1.165, 1.54) is 0 Å². The Kier molecular flexibility index (Phi) is 8.85. The van der Waals surface area contributed by atoms with Crippen LogP contribution in [0.2, 0.25) is 0 Å². The van der Waals surface area contributed by atoms with E-state index in [9.17, 15) is 14.7 Å². The van der Waals surface area contributed by atoms with Crippen LogP contribution in [-0.4, -0.2) is 40.6 Å². The minimum atomic E-state index is -0.778. The van der Waals surface area contributed by atoms with E-state index in [1.807, 2.05) is 24.3 Å². The van der Waals surface area contributed by atoms with Crippen molar-refractivity contribution in [2.45, 2.75) is 83.0 Å². The number of hydrogen-bond donors (Lipinski definition) is 2. The Bertz CT molecular complexity index is 541. The zero-order chi connectivity index (χ0) is 19.6. The molecule has 0 aromatic heterocycles. The number of allylic oxidation sites excluding steroid dienone is 2. The highest BCUT2D eigenvalue weighted by molar-refractivity contribution is 5.66. The third kappa shape index (κ3) is 7.01. The van der Waals surface area contributed by atoms with Gasteiger partial charge < -0.3 is 19.7 Å². The van der Waals surface area contributed by atoms with E-state index < -0.39 is 18.2 Å². The van der Waals surface area contributed by atoms with Gasteiger partial charge in [-0.3, -0.25) is 4.79 Å². The van der Waals surface area contributed by atoms with Crippen molar-refractivity contribution in [2.24, 2.45) is 11.8 Å². The Morgan fingerprint density at radius 2 is 2.00 bits per heavy atom. The van der Waals surface area contributed by atoms with Crippen LogP contribution in [0.15, 0.2) is 24.3 Å². The van der Waals surface area contributed by atoms with Gasteiger partial charge >= 0.3 is 12.1 Å². The number of ether oxygens (including phenoxy) is 2. The summed E-state index contributed by atoms with van der Waals surface area (Å²) in [5.41, 5.74) is 0. The Balaban J connectivity index is 1.90. The summed E-state index contributed by atoms with van der Waals surface area (Å²) in [4.78, 5) is 22.2. The molecule has 1 heterocycles. The van der Waals surface area contributed by atoms with Gasteiger partial charge in [-0.25, -0.2) is 4.79 Å². The molecule has 27 heavy (non-hydrogen) atoms. The molecule has 0 unspecified atom stereocenters. The zero-order valence-electron chi connectivity index (χ0n) is 16.1. The first-order valence-corrected chi connectivity index (χ1v) is 10.1. The summed E-state index contributed by atoms with van der Waals surface area (Å²) in [6.45, 7) is 2.13. The maximum absolute atomic E-state index is 11.6. The van der Waals surface area contributed by atoms with Crippen LogP contribution in [0.4, 0.5) is 4.79 Å². The fourth-order valence-electron chi connectivity index (χ4n) is 3.90. The second-order valence-corrected chi connectivity index (χ2v) is 7.48. The van der Waals surface area contributed by atoms with E-state index in [1.54, 1.807) is 0 Å². The lowest BCUT2D eigenvalue weighted by atomic mass is 9.89. The molecule has 2 aliphatic rings. The van der Waals surface area contributed by atoms with Crippen LogP contribution in [0.3, 0.4) is 0 Å². The number of hydrogen-bond acceptors (Lipinski definition) is 5. The van der Waals surface area contributed by atoms with Crippen LogP contribution in [0.5, 0.6) is 0 Å². The minimum absolute atomic E-state index is 0.0333. The average Bonchev–Trinajstić information content (AvgIpc) is 2.86. The molecule has 2 rings (SSSR count). The van der Waals surface area contributed by atoms with Crippen LogP contribution < -0.4 is 0 Å². The molecule has 1 aliphatic carbocycles. The third-order valence-electron chi connectivity index (χ3n) is 5.36. The van der Waals surface area contributed by atoms with E-state index in [-0.39, 0.29) is 30.5 Å². The van der Waals surface area contributed by atoms with E-state index in [0.717, 1.165) is 38.5 Å². The molecule has 0 amide bonds. The van der Waals surface area contributed by atoms with Gasteiger partial charge in [0.15, 0.2) is 0 Å². The average molecular weight is 380 g/mol. The zero-order valence-corrected chi connectivity index (χ0v) is 16.1. The van der Waals surface area contributed by atoms with E-state index >= 15 is 0 Å². The van der Waals surface area contributed by atoms with Crippen molar-refractivity contribution in [2.75, 3.05) is 0 Å². The van der Waals surface area contributed by atoms with E-state index in [2.05, 4.69) is 6.92 Å². The molecular weight excluding hydrogens is 348 g/mol. The molecule has 2 fully saturated rings. The Morgan fingerprint density at radius 1 is 1.22 bits per heavy atom. The van der Waals surface area contributed by atoms with Crippen LogP contribution >= 0.6 is 0 Å². The summed E-state index contributed by atoms with van der Waals surface area (Å²) in [7, 11) is 0. The fourth-order valence-corrected chi connectivity index (χ4v) is 3.90. The van der Waals surface area contributed by atoms with Crippen molar-refractivity contribution < 1.29 is 29.3 Å². The number of carbonyl (C=O) groups excluding carboxylic acids is 1. The van der Waals surface area contributed by atoms with Crippen LogP contribution in [-0.2, 0) is 14.3 Å². The van der Waals surface area contributed by atoms with Gasteiger partial charge in [0.1, 0.15) is 12.2 Å². The van der Waals surface area contributed by atoms with Crippen molar-refractivity contribution in [1.82, 2.24) is 0 Å². The Hall–Kier alpha value is -1.82. The number of rotatable bonds is 12. The summed E-state index contributed by atoms with van der Waals surface area (Å²) < 4.78 is 10.7. The summed E-state index contributed by atoms with van der Waals surface area (Å²) in [5.74, 6) is -0.623. The summed E-state index contributed by atoms with van der Waals surface area (Å²) in [5, 5.41) is 18.8. The van der Waals surface area contributed by atoms with Crippen LogP contribution in [0.25, 0.3) is 0 Å². The van der Waals surface area contributed by atoms with Gasteiger partial charge in [-0.15, -0.1) is 0 Å². The Morgan fingerprint density at radius 3 is 2.74 bits per heavy atom. The molecule has 6 heteroatoms. The van der Waals surface area contributed by atoms with Gasteiger partial charge in [0.05, 0.1) is 6.10 Å². The maximum atomic E-state index is 11.6. The molecule has 0 radical (unpaired) electrons. The van der Waals surface area contributed by atoms with E-state index in [4.69, 9.17) is 14.6 Å². The van der Waals surface area contributed by atoms with Gasteiger partial charge in [0.2, 0.25) is 0 Å². The first-order chi connectivity index (χ1) is 13.0. The normalized spacial score (nSPS) is 28.4. The lowest BCUT2D eigenvalue weighted by Gasteiger charge is -2.20. The fraction of sp³-hybridized carbons (Fsp3) is 0.714. The van der Waals surface area contributed by atoms with Gasteiger partial charge in [0, 0.05) is 24.7 Å². The highest BCUT2D eigenvalue weighted by Crippen LogP contribution is 2.43. The SMILES string of the molecule is CCCCC[C@H](O)/C=C/[C@@H]1[C@@H](C/C=C\CCCC(=O)O)[C@H]2C[C@@H]1OC(=O)O2. The molecule has 0 aromatic carbocycles. The van der Waals surface area contributed by atoms with Crippen molar-refractivity contribution in [3.8, 4) is 0 Å². The first-order valence-electron chi connectivity index (χ1n) is 10.1. The lowest BCUT2D eigenvalue weighted by Crippen LogP contribution is -2.28. The number of aliphatic hydroxyl groups is 1. The second-order valence-electron chi connectivity index (χ2n) is 7.48. The number of carbonyl (C=O) groups is 2. The predicted octanol–water partition coefficient (Wildman–Crippen LogP) is 4.23. The molecule has 2 N–H and O–H groups in total. The summed E-state index contributed by atoms with van der Waals surface area (Å²) in [6, 6.07) is 0. The largest absolute Gasteiger partial charge is 0.508 e. The number of aliphatic hydroxyl groups excluding tert-OH is 1. The van der Waals surface area contributed by atoms with Crippen molar-refractivity contribution in [3.63, 3.8) is 0 Å². The number of fused-ring (bicyclic) bond motifs is 2. The Labute approximate surface area is 161 Å². The minimum Gasteiger partial charge on any atom is -0.481 e. The van der Waals surface area contributed by atoms with Crippen molar-refractivity contribution >= 4 is 12.1 Å². The van der Waals surface area contributed by atoms with Gasteiger partial charge in [0.25, 0.3) is 0 Å². The number of carboxylic acids is 1. The molecule has 1 saturated heterocycles. The molecule has 0 spiro atoms. The molecular formula is C21H32O6. The summed E-state index contributed by atoms with van der Waals surface area (Å²) in [6.07, 6.45) is 13.3. The van der Waals surface area contributed by atoms with Crippen LogP contribution in [0.1, 0.15) is 64.7 Å². The molecule has 0 aromatic rings. The number of unbranched alkanes of at least 4 members (excludes halogenated alkanes) is 3. The number of carboxylic acid groups (broad SMARTS) is 1. The first kappa shape index (κ1) is 21.5. The lowest BCUT2D eigenvalue weighted by molar-refractivity contribution is -0.137. The topological polar surface area (TPSA) is 93.1 Å². The third-order valence-corrected chi connectivity index (χ3v) is 5.36. The maximum Gasteiger partial charge on any atom is 0.508 e. The second kappa shape index (κ2) is 11.1. The van der Waals surface area contributed by atoms with Gasteiger partial charge in [-0.05, 0) is 25.7 Å². The predicted molar refractivity (Wildman–Crippen MR) is 101 cm³/mol. The molecule has 6 nitrogen and oxygen atoms in total. The highest BCUT2D eigenvalue weighted by atomic mass is 16.7. The number of aliphatic carboxylic acids is 1. The molecule has 152 valence electrons. The summed E-state index contributed by atoms with van der Waals surface area (Å²) >= 11 is 0. The van der Waals surface area contributed by atoms with E-state index in [0.29, 0.717) is 12.8 Å². The van der Waals surface area contributed by atoms with Crippen molar-refractivity contribution in [1.29, 1.82) is 0 Å².